The highest BCUT2D eigenvalue weighted by molar-refractivity contribution is 7.95. The zero-order valence-corrected chi connectivity index (χ0v) is 19.4. The fourth-order valence-corrected chi connectivity index (χ4v) is 5.47. The smallest absolute Gasteiger partial charge is 0.344 e. The fourth-order valence-electron chi connectivity index (χ4n) is 3.40. The van der Waals surface area contributed by atoms with Crippen molar-refractivity contribution in [2.45, 2.75) is 31.4 Å². The molecular formula is C22H25ClN2O6S. The van der Waals surface area contributed by atoms with Gasteiger partial charge in [0.1, 0.15) is 5.75 Å². The lowest BCUT2D eigenvalue weighted by Gasteiger charge is -2.39. The van der Waals surface area contributed by atoms with Crippen molar-refractivity contribution in [3.63, 3.8) is 0 Å². The van der Waals surface area contributed by atoms with E-state index in [1.807, 2.05) is 0 Å². The van der Waals surface area contributed by atoms with E-state index in [-0.39, 0.29) is 19.6 Å². The average molecular weight is 481 g/mol. The number of rotatable bonds is 7. The highest BCUT2D eigenvalue weighted by Crippen LogP contribution is 2.36. The van der Waals surface area contributed by atoms with Gasteiger partial charge < -0.3 is 14.8 Å². The third kappa shape index (κ3) is 4.99. The second kappa shape index (κ2) is 9.79. The molecule has 1 saturated heterocycles. The molecule has 172 valence electrons. The Bertz CT molecular complexity index is 1070. The zero-order chi connectivity index (χ0) is 23.4. The molecule has 0 aliphatic carbocycles. The second-order valence-electron chi connectivity index (χ2n) is 7.46. The monoisotopic (exact) mass is 480 g/mol. The van der Waals surface area contributed by atoms with Gasteiger partial charge in [-0.2, -0.15) is 0 Å². The van der Waals surface area contributed by atoms with E-state index in [2.05, 4.69) is 5.32 Å². The van der Waals surface area contributed by atoms with E-state index in [1.165, 1.54) is 11.2 Å². The van der Waals surface area contributed by atoms with Crippen LogP contribution in [0.2, 0.25) is 5.02 Å². The molecule has 1 atom stereocenters. The van der Waals surface area contributed by atoms with E-state index >= 15 is 0 Å². The molecule has 8 nitrogen and oxygen atoms in total. The van der Waals surface area contributed by atoms with Gasteiger partial charge in [-0.15, -0.1) is 0 Å². The highest BCUT2D eigenvalue weighted by atomic mass is 35.5. The molecular weight excluding hydrogens is 456 g/mol. The summed E-state index contributed by atoms with van der Waals surface area (Å²) >= 11 is 5.91. The third-order valence-corrected chi connectivity index (χ3v) is 8.00. The Hall–Kier alpha value is -2.78. The van der Waals surface area contributed by atoms with Gasteiger partial charge >= 0.3 is 5.97 Å². The van der Waals surface area contributed by atoms with Crippen LogP contribution < -0.4 is 14.4 Å². The molecule has 0 aromatic heterocycles. The summed E-state index contributed by atoms with van der Waals surface area (Å²) in [4.78, 5) is 24.5. The first-order valence-electron chi connectivity index (χ1n) is 10.1. The molecule has 0 spiro atoms. The first-order chi connectivity index (χ1) is 15.2. The van der Waals surface area contributed by atoms with Crippen molar-refractivity contribution in [3.05, 3.63) is 53.6 Å². The number of halogens is 1. The van der Waals surface area contributed by atoms with Crippen LogP contribution in [0.25, 0.3) is 0 Å². The molecule has 3 rings (SSSR count). The lowest BCUT2D eigenvalue weighted by atomic mass is 10.0. The van der Waals surface area contributed by atoms with Gasteiger partial charge in [-0.25, -0.2) is 13.2 Å². The van der Waals surface area contributed by atoms with Crippen LogP contribution in [-0.4, -0.2) is 44.8 Å². The molecule has 2 aromatic rings. The van der Waals surface area contributed by atoms with Gasteiger partial charge in [-0.3, -0.25) is 9.10 Å². The predicted molar refractivity (Wildman–Crippen MR) is 123 cm³/mol. The first kappa shape index (κ1) is 23.9. The molecule has 1 amide bonds. The SMILES string of the molecule is CCOC(=O)COc1ccc(NC(=O)[C@@]2(C)CCCN(c3ccc(Cl)cc3)S2(=O)=O)cc1. The number of esters is 1. The Morgan fingerprint density at radius 2 is 1.78 bits per heavy atom. The third-order valence-electron chi connectivity index (χ3n) is 5.24. The van der Waals surface area contributed by atoms with Gasteiger partial charge in [0, 0.05) is 17.3 Å². The molecule has 1 N–H and O–H groups in total. The molecule has 1 aliphatic rings. The van der Waals surface area contributed by atoms with Crippen LogP contribution in [0.4, 0.5) is 11.4 Å². The minimum atomic E-state index is -3.98. The average Bonchev–Trinajstić information content (AvgIpc) is 2.76. The molecule has 0 bridgehead atoms. The van der Waals surface area contributed by atoms with Crippen LogP contribution in [0.5, 0.6) is 5.75 Å². The van der Waals surface area contributed by atoms with Crippen molar-refractivity contribution in [1.82, 2.24) is 0 Å². The molecule has 1 aliphatic heterocycles. The minimum absolute atomic E-state index is 0.200. The van der Waals surface area contributed by atoms with E-state index < -0.39 is 26.6 Å². The Morgan fingerprint density at radius 1 is 1.12 bits per heavy atom. The number of sulfonamides is 1. The molecule has 0 radical (unpaired) electrons. The quantitative estimate of drug-likeness (QED) is 0.607. The Kier molecular flexibility index (Phi) is 7.30. The number of nitrogens with zero attached hydrogens (tertiary/aromatic N) is 1. The standard InChI is InChI=1S/C22H25ClN2O6S/c1-3-30-20(26)15-31-19-11-7-17(8-12-19)24-21(27)22(2)13-4-14-25(32(22,28)29)18-9-5-16(23)6-10-18/h5-12H,3-4,13-15H2,1-2H3,(H,24,27)/t22-/m1/s1. The van der Waals surface area contributed by atoms with Crippen LogP contribution in [0.3, 0.4) is 0 Å². The number of carbonyl (C=O) groups excluding carboxylic acids is 2. The Labute approximate surface area is 192 Å². The van der Waals surface area contributed by atoms with Crippen molar-refractivity contribution >= 4 is 44.9 Å². The van der Waals surface area contributed by atoms with Gasteiger partial charge in [0.2, 0.25) is 15.9 Å². The largest absolute Gasteiger partial charge is 0.482 e. The molecule has 1 fully saturated rings. The number of amides is 1. The summed E-state index contributed by atoms with van der Waals surface area (Å²) in [6, 6.07) is 12.8. The zero-order valence-electron chi connectivity index (χ0n) is 17.8. The first-order valence-corrected chi connectivity index (χ1v) is 12.0. The summed E-state index contributed by atoms with van der Waals surface area (Å²) in [7, 11) is -3.98. The highest BCUT2D eigenvalue weighted by Gasteiger charge is 2.52. The number of carbonyl (C=O) groups is 2. The maximum Gasteiger partial charge on any atom is 0.344 e. The number of hydrogen-bond acceptors (Lipinski definition) is 6. The van der Waals surface area contributed by atoms with Crippen molar-refractivity contribution in [2.24, 2.45) is 0 Å². The van der Waals surface area contributed by atoms with Crippen LogP contribution in [0.15, 0.2) is 48.5 Å². The number of benzene rings is 2. The summed E-state index contributed by atoms with van der Waals surface area (Å²) in [5.41, 5.74) is 0.884. The minimum Gasteiger partial charge on any atom is -0.482 e. The van der Waals surface area contributed by atoms with Crippen molar-refractivity contribution < 1.29 is 27.5 Å². The summed E-state index contributed by atoms with van der Waals surface area (Å²) in [6.45, 7) is 3.48. The second-order valence-corrected chi connectivity index (χ2v) is 10.2. The van der Waals surface area contributed by atoms with E-state index in [4.69, 9.17) is 21.1 Å². The van der Waals surface area contributed by atoms with E-state index in [0.29, 0.717) is 35.1 Å². The van der Waals surface area contributed by atoms with Crippen LogP contribution in [0.1, 0.15) is 26.7 Å². The molecule has 32 heavy (non-hydrogen) atoms. The fraction of sp³-hybridized carbons (Fsp3) is 0.364. The van der Waals surface area contributed by atoms with Crippen LogP contribution >= 0.6 is 11.6 Å². The molecule has 0 unspecified atom stereocenters. The van der Waals surface area contributed by atoms with Crippen molar-refractivity contribution in [1.29, 1.82) is 0 Å². The van der Waals surface area contributed by atoms with E-state index in [9.17, 15) is 18.0 Å². The summed E-state index contributed by atoms with van der Waals surface area (Å²) in [5, 5.41) is 3.19. The van der Waals surface area contributed by atoms with Gasteiger partial charge in [-0.1, -0.05) is 11.6 Å². The van der Waals surface area contributed by atoms with Crippen LogP contribution in [-0.2, 0) is 24.3 Å². The Balaban J connectivity index is 1.72. The van der Waals surface area contributed by atoms with E-state index in [0.717, 1.165) is 0 Å². The summed E-state index contributed by atoms with van der Waals surface area (Å²) < 4.78 is 36.5. The summed E-state index contributed by atoms with van der Waals surface area (Å²) in [6.07, 6.45) is 0.735. The maximum absolute atomic E-state index is 13.4. The van der Waals surface area contributed by atoms with Crippen LogP contribution in [0, 0.1) is 0 Å². The van der Waals surface area contributed by atoms with Gasteiger partial charge in [0.25, 0.3) is 0 Å². The normalized spacial score (nSPS) is 19.8. The molecule has 1 heterocycles. The van der Waals surface area contributed by atoms with Crippen molar-refractivity contribution in [3.8, 4) is 5.75 Å². The number of ether oxygens (including phenoxy) is 2. The number of hydrogen-bond donors (Lipinski definition) is 1. The van der Waals surface area contributed by atoms with Gasteiger partial charge in [0.05, 0.1) is 12.3 Å². The Morgan fingerprint density at radius 3 is 2.41 bits per heavy atom. The topological polar surface area (TPSA) is 102 Å². The van der Waals surface area contributed by atoms with Crippen molar-refractivity contribution in [2.75, 3.05) is 29.4 Å². The van der Waals surface area contributed by atoms with Gasteiger partial charge in [0.15, 0.2) is 11.4 Å². The molecule has 10 heteroatoms. The lowest BCUT2D eigenvalue weighted by molar-refractivity contribution is -0.145. The summed E-state index contributed by atoms with van der Waals surface area (Å²) in [5.74, 6) is -0.677. The number of anilines is 2. The lowest BCUT2D eigenvalue weighted by Crippen LogP contribution is -2.57. The predicted octanol–water partition coefficient (Wildman–Crippen LogP) is 3.61. The van der Waals surface area contributed by atoms with E-state index in [1.54, 1.807) is 55.5 Å². The maximum atomic E-state index is 13.4. The molecule has 2 aromatic carbocycles. The molecule has 0 saturated carbocycles. The number of nitrogens with one attached hydrogen (secondary N) is 1. The van der Waals surface area contributed by atoms with Gasteiger partial charge in [-0.05, 0) is 75.2 Å².